The second-order valence-corrected chi connectivity index (χ2v) is 5.89. The fourth-order valence-corrected chi connectivity index (χ4v) is 2.71. The zero-order valence-corrected chi connectivity index (χ0v) is 12.1. The number of hydrogen-bond donors (Lipinski definition) is 1. The van der Waals surface area contributed by atoms with E-state index in [4.69, 9.17) is 10.5 Å². The summed E-state index contributed by atoms with van der Waals surface area (Å²) in [4.78, 5) is 4.37. The van der Waals surface area contributed by atoms with Crippen LogP contribution in [0.15, 0.2) is 18.5 Å². The third-order valence-corrected chi connectivity index (χ3v) is 3.98. The molecule has 5 heteroatoms. The predicted octanol–water partition coefficient (Wildman–Crippen LogP) is 2.50. The van der Waals surface area contributed by atoms with Crippen LogP contribution in [0.2, 0.25) is 0 Å². The van der Waals surface area contributed by atoms with Crippen molar-refractivity contribution in [1.29, 1.82) is 0 Å². The van der Waals surface area contributed by atoms with Crippen molar-refractivity contribution in [2.24, 2.45) is 5.73 Å². The van der Waals surface area contributed by atoms with E-state index in [0.29, 0.717) is 11.8 Å². The van der Waals surface area contributed by atoms with Crippen LogP contribution in [-0.4, -0.2) is 26.7 Å². The highest BCUT2D eigenvalue weighted by Crippen LogP contribution is 2.26. The Morgan fingerprint density at radius 3 is 2.90 bits per heavy atom. The summed E-state index contributed by atoms with van der Waals surface area (Å²) >= 11 is 0. The molecule has 2 heterocycles. The van der Waals surface area contributed by atoms with Gasteiger partial charge in [0.2, 0.25) is 5.88 Å². The maximum Gasteiger partial charge on any atom is 0.240 e. The smallest absolute Gasteiger partial charge is 0.240 e. The van der Waals surface area contributed by atoms with Crippen molar-refractivity contribution < 1.29 is 4.74 Å². The van der Waals surface area contributed by atoms with Gasteiger partial charge in [-0.25, -0.2) is 9.50 Å². The van der Waals surface area contributed by atoms with Gasteiger partial charge in [-0.3, -0.25) is 0 Å². The van der Waals surface area contributed by atoms with E-state index in [-0.39, 0.29) is 12.1 Å². The molecule has 0 spiro atoms. The predicted molar refractivity (Wildman–Crippen MR) is 77.9 cm³/mol. The summed E-state index contributed by atoms with van der Waals surface area (Å²) in [6.45, 7) is 4.26. The lowest BCUT2D eigenvalue weighted by Crippen LogP contribution is -2.41. The van der Waals surface area contributed by atoms with Crippen molar-refractivity contribution in [2.45, 2.75) is 57.6 Å². The van der Waals surface area contributed by atoms with Gasteiger partial charge in [-0.15, -0.1) is 0 Å². The van der Waals surface area contributed by atoms with Gasteiger partial charge in [0.05, 0.1) is 5.69 Å². The number of fused-ring (bicyclic) bond motifs is 1. The van der Waals surface area contributed by atoms with Crippen molar-refractivity contribution in [3.8, 4) is 5.88 Å². The third kappa shape index (κ3) is 2.50. The summed E-state index contributed by atoms with van der Waals surface area (Å²) in [6.07, 6.45) is 8.07. The molecule has 1 aliphatic rings. The second kappa shape index (κ2) is 5.40. The number of rotatable bonds is 3. The Kier molecular flexibility index (Phi) is 3.61. The highest BCUT2D eigenvalue weighted by molar-refractivity contribution is 5.57. The van der Waals surface area contributed by atoms with Crippen LogP contribution in [0.4, 0.5) is 0 Å². The van der Waals surface area contributed by atoms with Gasteiger partial charge in [-0.2, -0.15) is 5.10 Å². The summed E-state index contributed by atoms with van der Waals surface area (Å²) in [5.41, 5.74) is 8.13. The molecule has 108 valence electrons. The van der Waals surface area contributed by atoms with Crippen LogP contribution in [0.25, 0.3) is 5.52 Å². The molecule has 20 heavy (non-hydrogen) atoms. The summed E-state index contributed by atoms with van der Waals surface area (Å²) in [5, 5.41) is 4.55. The lowest BCUT2D eigenvalue weighted by Gasteiger charge is -2.28. The molecule has 2 atom stereocenters. The lowest BCUT2D eigenvalue weighted by molar-refractivity contribution is 0.128. The molecule has 5 nitrogen and oxygen atoms in total. The Labute approximate surface area is 119 Å². The Morgan fingerprint density at radius 1 is 1.35 bits per heavy atom. The fraction of sp³-hybridized carbons (Fsp3) is 0.600. The molecule has 1 aliphatic carbocycles. The molecule has 0 aliphatic heterocycles. The monoisotopic (exact) mass is 274 g/mol. The molecular formula is C15H22N4O. The zero-order valence-electron chi connectivity index (χ0n) is 12.1. The molecule has 1 saturated carbocycles. The van der Waals surface area contributed by atoms with Crippen LogP contribution in [-0.2, 0) is 0 Å². The summed E-state index contributed by atoms with van der Waals surface area (Å²) in [6, 6.07) is 2.17. The number of ether oxygens (including phenoxy) is 1. The van der Waals surface area contributed by atoms with Crippen LogP contribution in [0, 0.1) is 0 Å². The van der Waals surface area contributed by atoms with E-state index in [0.717, 1.165) is 24.1 Å². The van der Waals surface area contributed by atoms with Crippen molar-refractivity contribution in [3.05, 3.63) is 24.2 Å². The minimum atomic E-state index is 0.0693. The molecule has 2 aromatic rings. The van der Waals surface area contributed by atoms with Gasteiger partial charge in [0.1, 0.15) is 11.6 Å². The van der Waals surface area contributed by atoms with Gasteiger partial charge in [0.25, 0.3) is 0 Å². The van der Waals surface area contributed by atoms with E-state index in [1.54, 1.807) is 6.20 Å². The van der Waals surface area contributed by atoms with Crippen LogP contribution in [0.5, 0.6) is 5.88 Å². The van der Waals surface area contributed by atoms with E-state index in [1.165, 1.54) is 12.8 Å². The maximum atomic E-state index is 6.15. The Morgan fingerprint density at radius 2 is 2.15 bits per heavy atom. The topological polar surface area (TPSA) is 65.4 Å². The van der Waals surface area contributed by atoms with Crippen molar-refractivity contribution in [1.82, 2.24) is 14.6 Å². The van der Waals surface area contributed by atoms with Crippen LogP contribution in [0.3, 0.4) is 0 Å². The Hall–Kier alpha value is -1.62. The molecule has 0 radical (unpaired) electrons. The Bertz CT molecular complexity index is 593. The SMILES string of the molecule is CC(C)c1cc2c(OC3CCCCC3N)nccn2n1. The quantitative estimate of drug-likeness (QED) is 0.934. The van der Waals surface area contributed by atoms with Crippen molar-refractivity contribution in [3.63, 3.8) is 0 Å². The first kappa shape index (κ1) is 13.4. The molecule has 0 amide bonds. The zero-order chi connectivity index (χ0) is 14.1. The number of hydrogen-bond acceptors (Lipinski definition) is 4. The fourth-order valence-electron chi connectivity index (χ4n) is 2.71. The highest BCUT2D eigenvalue weighted by atomic mass is 16.5. The van der Waals surface area contributed by atoms with E-state index in [9.17, 15) is 0 Å². The van der Waals surface area contributed by atoms with Gasteiger partial charge in [-0.05, 0) is 31.2 Å². The third-order valence-electron chi connectivity index (χ3n) is 3.98. The Balaban J connectivity index is 1.90. The largest absolute Gasteiger partial charge is 0.471 e. The van der Waals surface area contributed by atoms with Crippen molar-refractivity contribution in [2.75, 3.05) is 0 Å². The standard InChI is InChI=1S/C15H22N4O/c1-10(2)12-9-13-15(17-7-8-19(13)18-12)20-14-6-4-3-5-11(14)16/h7-11,14H,3-6,16H2,1-2H3. The molecule has 0 saturated heterocycles. The number of nitrogens with two attached hydrogens (primary N) is 1. The van der Waals surface area contributed by atoms with Gasteiger partial charge in [0, 0.05) is 18.4 Å². The van der Waals surface area contributed by atoms with E-state index in [2.05, 4.69) is 30.0 Å². The average Bonchev–Trinajstić information content (AvgIpc) is 2.86. The van der Waals surface area contributed by atoms with E-state index in [1.807, 2.05) is 10.7 Å². The molecule has 2 N–H and O–H groups in total. The summed E-state index contributed by atoms with van der Waals surface area (Å²) in [5.74, 6) is 1.04. The minimum absolute atomic E-state index is 0.0693. The van der Waals surface area contributed by atoms with Crippen molar-refractivity contribution >= 4 is 5.52 Å². The first-order chi connectivity index (χ1) is 9.65. The summed E-state index contributed by atoms with van der Waals surface area (Å²) < 4.78 is 7.92. The van der Waals surface area contributed by atoms with Gasteiger partial charge in [0.15, 0.2) is 0 Å². The van der Waals surface area contributed by atoms with E-state index >= 15 is 0 Å². The van der Waals surface area contributed by atoms with Crippen LogP contribution >= 0.6 is 0 Å². The van der Waals surface area contributed by atoms with Crippen LogP contribution < -0.4 is 10.5 Å². The van der Waals surface area contributed by atoms with E-state index < -0.39 is 0 Å². The molecule has 0 bridgehead atoms. The first-order valence-electron chi connectivity index (χ1n) is 7.41. The van der Waals surface area contributed by atoms with Gasteiger partial charge in [-0.1, -0.05) is 20.3 Å². The minimum Gasteiger partial charge on any atom is -0.471 e. The highest BCUT2D eigenvalue weighted by Gasteiger charge is 2.24. The molecule has 1 fully saturated rings. The molecular weight excluding hydrogens is 252 g/mol. The molecule has 2 aromatic heterocycles. The number of aromatic nitrogens is 3. The van der Waals surface area contributed by atoms with Gasteiger partial charge >= 0.3 is 0 Å². The number of nitrogens with zero attached hydrogens (tertiary/aromatic N) is 3. The maximum absolute atomic E-state index is 6.15. The van der Waals surface area contributed by atoms with Crippen LogP contribution in [0.1, 0.15) is 51.1 Å². The van der Waals surface area contributed by atoms with Gasteiger partial charge < -0.3 is 10.5 Å². The lowest BCUT2D eigenvalue weighted by atomic mass is 9.93. The average molecular weight is 274 g/mol. The molecule has 0 aromatic carbocycles. The summed E-state index contributed by atoms with van der Waals surface area (Å²) in [7, 11) is 0. The normalized spacial score (nSPS) is 23.4. The first-order valence-corrected chi connectivity index (χ1v) is 7.41. The molecule has 2 unspecified atom stereocenters. The second-order valence-electron chi connectivity index (χ2n) is 5.89. The molecule has 3 rings (SSSR count).